The average molecular weight is 420 g/mol. The van der Waals surface area contributed by atoms with Crippen molar-refractivity contribution in [2.45, 2.75) is 39.3 Å². The van der Waals surface area contributed by atoms with Gasteiger partial charge in [0.05, 0.1) is 18.4 Å². The number of benzene rings is 1. The van der Waals surface area contributed by atoms with Crippen molar-refractivity contribution in [2.75, 3.05) is 41.3 Å². The van der Waals surface area contributed by atoms with Gasteiger partial charge in [0.1, 0.15) is 11.9 Å². The molecule has 1 unspecified atom stereocenters. The molecule has 31 heavy (non-hydrogen) atoms. The molecular formula is C23H29N7O. The van der Waals surface area contributed by atoms with Crippen LogP contribution >= 0.6 is 0 Å². The van der Waals surface area contributed by atoms with Crippen LogP contribution in [0.15, 0.2) is 30.6 Å². The van der Waals surface area contributed by atoms with E-state index in [0.29, 0.717) is 5.82 Å². The summed E-state index contributed by atoms with van der Waals surface area (Å²) >= 11 is 0. The van der Waals surface area contributed by atoms with Gasteiger partial charge in [0.15, 0.2) is 5.69 Å². The van der Waals surface area contributed by atoms with Crippen LogP contribution in [0.1, 0.15) is 44.5 Å². The van der Waals surface area contributed by atoms with E-state index in [1.165, 1.54) is 11.9 Å². The van der Waals surface area contributed by atoms with Crippen molar-refractivity contribution in [2.24, 2.45) is 5.92 Å². The second-order valence-corrected chi connectivity index (χ2v) is 8.22. The number of nitrogens with zero attached hydrogens (tertiary/aromatic N) is 5. The van der Waals surface area contributed by atoms with E-state index < -0.39 is 0 Å². The molecule has 0 aliphatic carbocycles. The molecule has 3 atom stereocenters. The summed E-state index contributed by atoms with van der Waals surface area (Å²) in [5, 5.41) is 15.9. The summed E-state index contributed by atoms with van der Waals surface area (Å²) < 4.78 is 0. The number of carbonyl (C=O) groups is 1. The van der Waals surface area contributed by atoms with E-state index in [4.69, 9.17) is 5.26 Å². The number of amides is 1. The smallest absolute Gasteiger partial charge is 0.224 e. The van der Waals surface area contributed by atoms with Gasteiger partial charge in [-0.2, -0.15) is 5.26 Å². The number of nitriles is 1. The van der Waals surface area contributed by atoms with E-state index in [2.05, 4.69) is 57.5 Å². The number of nitrogens with one attached hydrogen (secondary N) is 2. The summed E-state index contributed by atoms with van der Waals surface area (Å²) in [6.07, 6.45) is 3.94. The van der Waals surface area contributed by atoms with E-state index in [0.717, 1.165) is 43.9 Å². The van der Waals surface area contributed by atoms with Crippen LogP contribution in [0.3, 0.4) is 0 Å². The van der Waals surface area contributed by atoms with Crippen LogP contribution in [-0.4, -0.2) is 48.1 Å². The van der Waals surface area contributed by atoms with Crippen LogP contribution in [-0.2, 0) is 4.79 Å². The molecule has 2 aliphatic heterocycles. The van der Waals surface area contributed by atoms with E-state index >= 15 is 0 Å². The molecule has 162 valence electrons. The predicted octanol–water partition coefficient (Wildman–Crippen LogP) is 2.69. The highest BCUT2D eigenvalue weighted by Gasteiger charge is 2.40. The third kappa shape index (κ3) is 4.06. The Morgan fingerprint density at radius 2 is 2.06 bits per heavy atom. The number of rotatable bonds is 4. The Hall–Kier alpha value is -3.18. The van der Waals surface area contributed by atoms with Gasteiger partial charge in [-0.05, 0) is 24.6 Å². The van der Waals surface area contributed by atoms with Crippen LogP contribution in [0, 0.1) is 17.2 Å². The lowest BCUT2D eigenvalue weighted by Gasteiger charge is -2.45. The maximum absolute atomic E-state index is 12.6. The molecule has 1 aromatic carbocycles. The first kappa shape index (κ1) is 21.1. The Kier molecular flexibility index (Phi) is 6.05. The quantitative estimate of drug-likeness (QED) is 0.786. The van der Waals surface area contributed by atoms with Gasteiger partial charge >= 0.3 is 0 Å². The molecule has 2 aliphatic rings. The largest absolute Gasteiger partial charge is 0.369 e. The Labute approximate surface area is 183 Å². The lowest BCUT2D eigenvalue weighted by atomic mass is 9.80. The molecular weight excluding hydrogens is 390 g/mol. The molecule has 1 fully saturated rings. The molecule has 2 N–H and O–H groups in total. The topological polar surface area (TPSA) is 97.2 Å². The highest BCUT2D eigenvalue weighted by atomic mass is 16.2. The maximum atomic E-state index is 12.6. The molecule has 0 bridgehead atoms. The molecule has 1 amide bonds. The van der Waals surface area contributed by atoms with Crippen molar-refractivity contribution in [1.82, 2.24) is 15.3 Å². The Morgan fingerprint density at radius 1 is 1.29 bits per heavy atom. The second kappa shape index (κ2) is 8.90. The van der Waals surface area contributed by atoms with Gasteiger partial charge in [-0.3, -0.25) is 4.79 Å². The van der Waals surface area contributed by atoms with Gasteiger partial charge in [-0.25, -0.2) is 9.97 Å². The fourth-order valence-corrected chi connectivity index (χ4v) is 4.84. The van der Waals surface area contributed by atoms with Gasteiger partial charge < -0.3 is 20.4 Å². The lowest BCUT2D eigenvalue weighted by molar-refractivity contribution is -0.117. The minimum absolute atomic E-state index is 0.0272. The van der Waals surface area contributed by atoms with E-state index in [1.54, 1.807) is 13.1 Å². The third-order valence-electron chi connectivity index (χ3n) is 6.38. The predicted molar refractivity (Wildman–Crippen MR) is 121 cm³/mol. The summed E-state index contributed by atoms with van der Waals surface area (Å²) in [4.78, 5) is 25.5. The van der Waals surface area contributed by atoms with Crippen LogP contribution in [0.25, 0.3) is 0 Å². The van der Waals surface area contributed by atoms with Crippen molar-refractivity contribution in [1.29, 1.82) is 5.26 Å². The standard InChI is InChI=1S/C23H29N7O/c1-4-20-15(2)23(28-22-14-26-17(12-24)13-27-22)19-11-18(29-9-7-25-8-10-29)5-6-21(19)30(20)16(3)31/h5-6,11,13-15,20,23,25H,4,7-10H2,1-3H3,(H,27,28)/t15-,20-,23?/m0/s1. The van der Waals surface area contributed by atoms with Crippen molar-refractivity contribution in [3.8, 4) is 6.07 Å². The van der Waals surface area contributed by atoms with Gasteiger partial charge in [-0.1, -0.05) is 13.8 Å². The van der Waals surface area contributed by atoms with Crippen LogP contribution in [0.5, 0.6) is 0 Å². The molecule has 0 spiro atoms. The van der Waals surface area contributed by atoms with Crippen molar-refractivity contribution >= 4 is 23.1 Å². The fourth-order valence-electron chi connectivity index (χ4n) is 4.84. The lowest BCUT2D eigenvalue weighted by Crippen LogP contribution is -2.50. The first-order valence-electron chi connectivity index (χ1n) is 10.9. The van der Waals surface area contributed by atoms with Gasteiger partial charge in [0, 0.05) is 62.0 Å². The van der Waals surface area contributed by atoms with Gasteiger partial charge in [0.25, 0.3) is 0 Å². The Bertz CT molecular complexity index is 978. The number of carbonyl (C=O) groups excluding carboxylic acids is 1. The zero-order chi connectivity index (χ0) is 22.0. The summed E-state index contributed by atoms with van der Waals surface area (Å²) in [6.45, 7) is 9.79. The van der Waals surface area contributed by atoms with Gasteiger partial charge in [-0.15, -0.1) is 0 Å². The molecule has 8 heteroatoms. The number of hydrogen-bond acceptors (Lipinski definition) is 7. The fraction of sp³-hybridized carbons (Fsp3) is 0.478. The summed E-state index contributed by atoms with van der Waals surface area (Å²) in [5.41, 5.74) is 3.51. The van der Waals surface area contributed by atoms with Crippen LogP contribution < -0.4 is 20.4 Å². The molecule has 2 aromatic rings. The van der Waals surface area contributed by atoms with E-state index in [9.17, 15) is 4.79 Å². The molecule has 1 saturated heterocycles. The normalized spacial score (nSPS) is 23.1. The van der Waals surface area contributed by atoms with E-state index in [1.807, 2.05) is 11.0 Å². The Balaban J connectivity index is 1.76. The van der Waals surface area contributed by atoms with Gasteiger partial charge in [0.2, 0.25) is 5.91 Å². The zero-order valence-corrected chi connectivity index (χ0v) is 18.3. The average Bonchev–Trinajstić information content (AvgIpc) is 2.81. The highest BCUT2D eigenvalue weighted by molar-refractivity contribution is 5.94. The van der Waals surface area contributed by atoms with Crippen molar-refractivity contribution in [3.63, 3.8) is 0 Å². The van der Waals surface area contributed by atoms with Crippen LogP contribution in [0.4, 0.5) is 17.2 Å². The number of piperazine rings is 1. The highest BCUT2D eigenvalue weighted by Crippen LogP contribution is 2.44. The van der Waals surface area contributed by atoms with E-state index in [-0.39, 0.29) is 29.6 Å². The maximum Gasteiger partial charge on any atom is 0.224 e. The second-order valence-electron chi connectivity index (χ2n) is 8.22. The Morgan fingerprint density at radius 3 is 2.68 bits per heavy atom. The number of fused-ring (bicyclic) bond motifs is 1. The molecule has 4 rings (SSSR count). The first-order valence-corrected chi connectivity index (χ1v) is 10.9. The third-order valence-corrected chi connectivity index (χ3v) is 6.38. The zero-order valence-electron chi connectivity index (χ0n) is 18.3. The summed E-state index contributed by atoms with van der Waals surface area (Å²) in [5.74, 6) is 0.851. The molecule has 1 aromatic heterocycles. The first-order chi connectivity index (χ1) is 15.0. The number of hydrogen-bond donors (Lipinski definition) is 2. The molecule has 0 saturated carbocycles. The SMILES string of the molecule is CC[C@H]1[C@H](C)C(Nc2cnc(C#N)cn2)c2cc(N3CCNCC3)ccc2N1C(C)=O. The summed E-state index contributed by atoms with van der Waals surface area (Å²) in [7, 11) is 0. The monoisotopic (exact) mass is 419 g/mol. The molecule has 0 radical (unpaired) electrons. The molecule has 3 heterocycles. The minimum Gasteiger partial charge on any atom is -0.369 e. The van der Waals surface area contributed by atoms with Crippen LogP contribution in [0.2, 0.25) is 0 Å². The number of anilines is 3. The number of aromatic nitrogens is 2. The molecule has 8 nitrogen and oxygen atoms in total. The minimum atomic E-state index is -0.0272. The van der Waals surface area contributed by atoms with Crippen molar-refractivity contribution in [3.05, 3.63) is 41.9 Å². The van der Waals surface area contributed by atoms with Crippen molar-refractivity contribution < 1.29 is 4.79 Å². The summed E-state index contributed by atoms with van der Waals surface area (Å²) in [6, 6.07) is 8.49.